The van der Waals surface area contributed by atoms with Gasteiger partial charge < -0.3 is 10.1 Å². The Morgan fingerprint density at radius 3 is 2.69 bits per heavy atom. The van der Waals surface area contributed by atoms with Gasteiger partial charge >= 0.3 is 0 Å². The molecule has 0 radical (unpaired) electrons. The minimum absolute atomic E-state index is 0.358. The van der Waals surface area contributed by atoms with E-state index in [2.05, 4.69) is 5.32 Å². The van der Waals surface area contributed by atoms with Crippen molar-refractivity contribution in [2.45, 2.75) is 18.9 Å². The van der Waals surface area contributed by atoms with Crippen molar-refractivity contribution in [1.82, 2.24) is 5.32 Å². The number of likely N-dealkylation sites (N-methyl/N-ethyl adjacent to an activating group) is 1. The average Bonchev–Trinajstić information content (AvgIpc) is 2.26. The maximum Gasteiger partial charge on any atom is 0.0615 e. The highest BCUT2D eigenvalue weighted by molar-refractivity contribution is 6.35. The molecule has 1 rings (SSSR count). The third-order valence-electron chi connectivity index (χ3n) is 2.55. The smallest absolute Gasteiger partial charge is 0.0615 e. The maximum absolute atomic E-state index is 6.10. The Labute approximate surface area is 107 Å². The summed E-state index contributed by atoms with van der Waals surface area (Å²) in [5.41, 5.74) is 1.13. The lowest BCUT2D eigenvalue weighted by atomic mass is 10.1. The molecule has 0 spiro atoms. The van der Waals surface area contributed by atoms with E-state index >= 15 is 0 Å². The monoisotopic (exact) mass is 261 g/mol. The summed E-state index contributed by atoms with van der Waals surface area (Å²) in [5, 5.41) is 4.62. The fourth-order valence-corrected chi connectivity index (χ4v) is 2.07. The van der Waals surface area contributed by atoms with Gasteiger partial charge in [-0.25, -0.2) is 0 Å². The molecule has 2 nitrogen and oxygen atoms in total. The van der Waals surface area contributed by atoms with Gasteiger partial charge in [0.15, 0.2) is 0 Å². The second-order valence-corrected chi connectivity index (χ2v) is 4.56. The van der Waals surface area contributed by atoms with E-state index in [1.807, 2.05) is 19.2 Å². The van der Waals surface area contributed by atoms with Gasteiger partial charge in [0, 0.05) is 23.2 Å². The van der Waals surface area contributed by atoms with Gasteiger partial charge in [-0.3, -0.25) is 0 Å². The maximum atomic E-state index is 6.10. The van der Waals surface area contributed by atoms with Crippen LogP contribution in [0.3, 0.4) is 0 Å². The van der Waals surface area contributed by atoms with E-state index in [4.69, 9.17) is 27.9 Å². The summed E-state index contributed by atoms with van der Waals surface area (Å²) in [6, 6.07) is 5.98. The number of hydrogen-bond donors (Lipinski definition) is 1. The summed E-state index contributed by atoms with van der Waals surface area (Å²) in [6.07, 6.45) is 1.91. The normalized spacial score (nSPS) is 12.8. The van der Waals surface area contributed by atoms with Crippen LogP contribution in [0.2, 0.25) is 10.0 Å². The van der Waals surface area contributed by atoms with Gasteiger partial charge in [-0.2, -0.15) is 0 Å². The van der Waals surface area contributed by atoms with E-state index in [-0.39, 0.29) is 0 Å². The first kappa shape index (κ1) is 13.8. The molecule has 0 aliphatic heterocycles. The molecule has 0 saturated carbocycles. The molecule has 1 atom stereocenters. The number of methoxy groups -OCH3 is 1. The molecular weight excluding hydrogens is 245 g/mol. The van der Waals surface area contributed by atoms with Crippen molar-refractivity contribution in [2.75, 3.05) is 20.8 Å². The molecule has 0 bridgehead atoms. The third-order valence-corrected chi connectivity index (χ3v) is 3.14. The van der Waals surface area contributed by atoms with Crippen LogP contribution in [0.15, 0.2) is 18.2 Å². The van der Waals surface area contributed by atoms with E-state index in [0.29, 0.717) is 17.7 Å². The number of halogens is 2. The highest BCUT2D eigenvalue weighted by Crippen LogP contribution is 2.22. The second kappa shape index (κ2) is 7.13. The standard InChI is InChI=1S/C12H17Cl2NO/c1-15-11(8-16-2)6-4-9-3-5-10(13)7-12(9)14/h3,5,7,11,15H,4,6,8H2,1-2H3. The third kappa shape index (κ3) is 4.30. The predicted molar refractivity (Wildman–Crippen MR) is 69.5 cm³/mol. The van der Waals surface area contributed by atoms with E-state index < -0.39 is 0 Å². The summed E-state index contributed by atoms with van der Waals surface area (Å²) in [6.45, 7) is 0.710. The SMILES string of the molecule is CNC(CCc1ccc(Cl)cc1Cl)COC. The van der Waals surface area contributed by atoms with E-state index in [1.165, 1.54) is 0 Å². The highest BCUT2D eigenvalue weighted by Gasteiger charge is 2.07. The first-order chi connectivity index (χ1) is 7.67. The van der Waals surface area contributed by atoms with E-state index in [9.17, 15) is 0 Å². The predicted octanol–water partition coefficient (Wildman–Crippen LogP) is 3.16. The van der Waals surface area contributed by atoms with Gasteiger partial charge in [-0.15, -0.1) is 0 Å². The Kier molecular flexibility index (Phi) is 6.14. The molecule has 0 heterocycles. The number of ether oxygens (including phenoxy) is 1. The van der Waals surface area contributed by atoms with Crippen LogP contribution in [0, 0.1) is 0 Å². The van der Waals surface area contributed by atoms with Crippen LogP contribution < -0.4 is 5.32 Å². The first-order valence-electron chi connectivity index (χ1n) is 5.27. The molecule has 0 saturated heterocycles. The van der Waals surface area contributed by atoms with Gasteiger partial charge in [-0.1, -0.05) is 29.3 Å². The van der Waals surface area contributed by atoms with Gasteiger partial charge in [0.2, 0.25) is 0 Å². The zero-order valence-electron chi connectivity index (χ0n) is 9.59. The van der Waals surface area contributed by atoms with Gasteiger partial charge in [0.05, 0.1) is 6.61 Å². The molecule has 1 aromatic rings. The Bertz CT molecular complexity index is 331. The minimum atomic E-state index is 0.358. The topological polar surface area (TPSA) is 21.3 Å². The van der Waals surface area contributed by atoms with Crippen molar-refractivity contribution in [1.29, 1.82) is 0 Å². The number of benzene rings is 1. The molecular formula is C12H17Cl2NO. The first-order valence-corrected chi connectivity index (χ1v) is 6.03. The summed E-state index contributed by atoms with van der Waals surface area (Å²) in [5.74, 6) is 0. The number of rotatable bonds is 6. The molecule has 0 aliphatic rings. The second-order valence-electron chi connectivity index (χ2n) is 3.72. The number of nitrogens with one attached hydrogen (secondary N) is 1. The zero-order valence-corrected chi connectivity index (χ0v) is 11.1. The molecule has 0 amide bonds. The molecule has 0 aliphatic carbocycles. The fraction of sp³-hybridized carbons (Fsp3) is 0.500. The Balaban J connectivity index is 2.53. The lowest BCUT2D eigenvalue weighted by molar-refractivity contribution is 0.166. The van der Waals surface area contributed by atoms with Crippen LogP contribution in [0.5, 0.6) is 0 Å². The minimum Gasteiger partial charge on any atom is -0.383 e. The summed E-state index contributed by atoms with van der Waals surface area (Å²) >= 11 is 11.9. The molecule has 1 aromatic carbocycles. The molecule has 0 aromatic heterocycles. The quantitative estimate of drug-likeness (QED) is 0.850. The lowest BCUT2D eigenvalue weighted by Gasteiger charge is -2.15. The molecule has 4 heteroatoms. The largest absolute Gasteiger partial charge is 0.383 e. The van der Waals surface area contributed by atoms with E-state index in [0.717, 1.165) is 23.4 Å². The van der Waals surface area contributed by atoms with Gasteiger partial charge in [0.1, 0.15) is 0 Å². The van der Waals surface area contributed by atoms with Crippen LogP contribution in [0.4, 0.5) is 0 Å². The average molecular weight is 262 g/mol. The summed E-state index contributed by atoms with van der Waals surface area (Å²) < 4.78 is 5.12. The Hall–Kier alpha value is -0.280. The molecule has 0 fully saturated rings. The summed E-state index contributed by atoms with van der Waals surface area (Å²) in [4.78, 5) is 0. The van der Waals surface area contributed by atoms with Crippen molar-refractivity contribution in [3.05, 3.63) is 33.8 Å². The zero-order chi connectivity index (χ0) is 12.0. The number of hydrogen-bond acceptors (Lipinski definition) is 2. The van der Waals surface area contributed by atoms with Crippen LogP contribution in [-0.4, -0.2) is 26.8 Å². The molecule has 1 N–H and O–H groups in total. The summed E-state index contributed by atoms with van der Waals surface area (Å²) in [7, 11) is 3.65. The number of aryl methyl sites for hydroxylation is 1. The Morgan fingerprint density at radius 1 is 1.38 bits per heavy atom. The molecule has 1 unspecified atom stereocenters. The Morgan fingerprint density at radius 2 is 2.12 bits per heavy atom. The van der Waals surface area contributed by atoms with Gasteiger partial charge in [0.25, 0.3) is 0 Å². The van der Waals surface area contributed by atoms with Crippen LogP contribution in [0.25, 0.3) is 0 Å². The van der Waals surface area contributed by atoms with E-state index in [1.54, 1.807) is 13.2 Å². The van der Waals surface area contributed by atoms with Crippen LogP contribution >= 0.6 is 23.2 Å². The van der Waals surface area contributed by atoms with Crippen molar-refractivity contribution in [3.8, 4) is 0 Å². The van der Waals surface area contributed by atoms with Crippen molar-refractivity contribution in [2.24, 2.45) is 0 Å². The van der Waals surface area contributed by atoms with Gasteiger partial charge in [-0.05, 0) is 37.6 Å². The van der Waals surface area contributed by atoms with Crippen LogP contribution in [0.1, 0.15) is 12.0 Å². The van der Waals surface area contributed by atoms with Crippen LogP contribution in [-0.2, 0) is 11.2 Å². The molecule has 90 valence electrons. The highest BCUT2D eigenvalue weighted by atomic mass is 35.5. The van der Waals surface area contributed by atoms with Crippen molar-refractivity contribution < 1.29 is 4.74 Å². The van der Waals surface area contributed by atoms with Crippen molar-refractivity contribution >= 4 is 23.2 Å². The lowest BCUT2D eigenvalue weighted by Crippen LogP contribution is -2.30. The fourth-order valence-electron chi connectivity index (χ4n) is 1.57. The molecule has 16 heavy (non-hydrogen) atoms. The van der Waals surface area contributed by atoms with Crippen molar-refractivity contribution in [3.63, 3.8) is 0 Å².